The van der Waals surface area contributed by atoms with Crippen LogP contribution in [0.5, 0.6) is 0 Å². The molecule has 2 N–H and O–H groups in total. The van der Waals surface area contributed by atoms with E-state index < -0.39 is 0 Å². The smallest absolute Gasteiger partial charge is 0.246 e. The van der Waals surface area contributed by atoms with Gasteiger partial charge in [-0.1, -0.05) is 6.07 Å². The highest BCUT2D eigenvalue weighted by Gasteiger charge is 2.20. The maximum atomic E-state index is 12.8. The number of nitriles is 1. The number of allylic oxidation sites excluding steroid dienone is 1. The molecule has 1 heterocycles. The van der Waals surface area contributed by atoms with Crippen molar-refractivity contribution in [1.29, 1.82) is 5.26 Å². The summed E-state index contributed by atoms with van der Waals surface area (Å²) in [5.74, 6) is -0.333. The Labute approximate surface area is 175 Å². The molecule has 0 saturated heterocycles. The molecule has 0 aliphatic carbocycles. The molecule has 0 atom stereocenters. The van der Waals surface area contributed by atoms with E-state index in [1.54, 1.807) is 41.3 Å². The number of nitrogens with two attached hydrogens (primary N) is 1. The topological polar surface area (TPSA) is 100 Å². The van der Waals surface area contributed by atoms with Crippen molar-refractivity contribution < 1.29 is 14.0 Å². The van der Waals surface area contributed by atoms with Crippen LogP contribution in [0.15, 0.2) is 53.0 Å². The normalized spacial score (nSPS) is 11.3. The van der Waals surface area contributed by atoms with E-state index in [1.165, 1.54) is 0 Å². The van der Waals surface area contributed by atoms with Crippen molar-refractivity contribution in [2.45, 2.75) is 20.8 Å². The third-order valence-electron chi connectivity index (χ3n) is 5.08. The number of likely N-dealkylation sites (N-methyl/N-ethyl adjacent to an activating group) is 1. The minimum Gasteiger partial charge on any atom is -0.450 e. The number of hydrogen-bond acceptors (Lipinski definition) is 5. The zero-order chi connectivity index (χ0) is 21.8. The molecule has 0 radical (unpaired) electrons. The molecule has 1 amide bonds. The Bertz CT molecular complexity index is 1180. The minimum atomic E-state index is -0.348. The molecule has 3 rings (SSSR count). The fourth-order valence-corrected chi connectivity index (χ4v) is 3.25. The molecule has 30 heavy (non-hydrogen) atoms. The van der Waals surface area contributed by atoms with Gasteiger partial charge in [-0.15, -0.1) is 0 Å². The molecule has 6 heteroatoms. The zero-order valence-electron chi connectivity index (χ0n) is 17.2. The predicted octanol–water partition coefficient (Wildman–Crippen LogP) is 4.39. The van der Waals surface area contributed by atoms with E-state index in [1.807, 2.05) is 39.0 Å². The molecule has 152 valence electrons. The van der Waals surface area contributed by atoms with Gasteiger partial charge in [0.1, 0.15) is 5.58 Å². The lowest BCUT2D eigenvalue weighted by atomic mass is 10.0. The van der Waals surface area contributed by atoms with Crippen LogP contribution >= 0.6 is 0 Å². The lowest BCUT2D eigenvalue weighted by molar-refractivity contribution is -0.125. The summed E-state index contributed by atoms with van der Waals surface area (Å²) in [4.78, 5) is 26.9. The maximum Gasteiger partial charge on any atom is 0.246 e. The number of rotatable bonds is 6. The van der Waals surface area contributed by atoms with Crippen molar-refractivity contribution >= 4 is 33.9 Å². The van der Waals surface area contributed by atoms with Gasteiger partial charge in [0.15, 0.2) is 5.76 Å². The molecule has 0 spiro atoms. The SMILES string of the molecule is CCN(CC)C(=O)/C=C(\C)c1ccc2oc(C(=O)c3ccc(C#N)cc3)c(N)c2c1. The number of ketones is 1. The number of carbonyl (C=O) groups excluding carboxylic acids is 2. The summed E-state index contributed by atoms with van der Waals surface area (Å²) in [5.41, 5.74) is 9.47. The van der Waals surface area contributed by atoms with Gasteiger partial charge in [0, 0.05) is 30.1 Å². The van der Waals surface area contributed by atoms with E-state index in [0.717, 1.165) is 11.1 Å². The second-order valence-electron chi connectivity index (χ2n) is 6.91. The molecule has 0 aliphatic rings. The zero-order valence-corrected chi connectivity index (χ0v) is 17.2. The van der Waals surface area contributed by atoms with Gasteiger partial charge in [-0.05, 0) is 68.3 Å². The summed E-state index contributed by atoms with van der Waals surface area (Å²) in [7, 11) is 0. The van der Waals surface area contributed by atoms with Crippen LogP contribution in [0.1, 0.15) is 48.0 Å². The standard InChI is InChI=1S/C24H23N3O3/c1-4-27(5-2)21(28)12-15(3)18-10-11-20-19(13-18)22(26)24(30-20)23(29)17-8-6-16(14-25)7-9-17/h6-13H,4-5,26H2,1-3H3/b15-12+. The molecular weight excluding hydrogens is 378 g/mol. The van der Waals surface area contributed by atoms with Crippen LogP contribution in [-0.2, 0) is 4.79 Å². The molecule has 6 nitrogen and oxygen atoms in total. The van der Waals surface area contributed by atoms with Crippen LogP contribution in [-0.4, -0.2) is 29.7 Å². The maximum absolute atomic E-state index is 12.8. The molecule has 1 aromatic heterocycles. The third kappa shape index (κ3) is 3.96. The summed E-state index contributed by atoms with van der Waals surface area (Å²) in [6, 6.07) is 13.7. The summed E-state index contributed by atoms with van der Waals surface area (Å²) >= 11 is 0. The monoisotopic (exact) mass is 401 g/mol. The fourth-order valence-electron chi connectivity index (χ4n) is 3.25. The molecule has 2 aromatic carbocycles. The number of hydrogen-bond donors (Lipinski definition) is 1. The first-order chi connectivity index (χ1) is 14.4. The quantitative estimate of drug-likeness (QED) is 0.488. The molecule has 0 aliphatic heterocycles. The number of furan rings is 1. The van der Waals surface area contributed by atoms with E-state index in [9.17, 15) is 9.59 Å². The van der Waals surface area contributed by atoms with Gasteiger partial charge >= 0.3 is 0 Å². The number of benzene rings is 2. The van der Waals surface area contributed by atoms with Crippen molar-refractivity contribution in [1.82, 2.24) is 4.90 Å². The average molecular weight is 401 g/mol. The Balaban J connectivity index is 1.96. The Morgan fingerprint density at radius 1 is 1.10 bits per heavy atom. The van der Waals surface area contributed by atoms with E-state index >= 15 is 0 Å². The summed E-state index contributed by atoms with van der Waals surface area (Å²) in [6.07, 6.45) is 1.60. The van der Waals surface area contributed by atoms with Gasteiger partial charge in [-0.25, -0.2) is 0 Å². The minimum absolute atomic E-state index is 0.0468. The van der Waals surface area contributed by atoms with Gasteiger partial charge < -0.3 is 15.1 Å². The molecule has 3 aromatic rings. The predicted molar refractivity (Wildman–Crippen MR) is 117 cm³/mol. The largest absolute Gasteiger partial charge is 0.450 e. The number of amides is 1. The number of anilines is 1. The molecule has 0 saturated carbocycles. The van der Waals surface area contributed by atoms with Crippen LogP contribution in [0.3, 0.4) is 0 Å². The van der Waals surface area contributed by atoms with E-state index in [0.29, 0.717) is 35.2 Å². The van der Waals surface area contributed by atoms with Crippen molar-refractivity contribution in [2.75, 3.05) is 18.8 Å². The van der Waals surface area contributed by atoms with Crippen LogP contribution in [0.4, 0.5) is 5.69 Å². The second-order valence-corrected chi connectivity index (χ2v) is 6.91. The Kier molecular flexibility index (Phi) is 6.03. The molecule has 0 unspecified atom stereocenters. The van der Waals surface area contributed by atoms with Crippen LogP contribution in [0.25, 0.3) is 16.5 Å². The number of nitrogen functional groups attached to an aromatic ring is 1. The van der Waals surface area contributed by atoms with Crippen molar-refractivity contribution in [3.8, 4) is 6.07 Å². The second kappa shape index (κ2) is 8.66. The van der Waals surface area contributed by atoms with Crippen LogP contribution < -0.4 is 5.73 Å². The molecule has 0 fully saturated rings. The first kappa shape index (κ1) is 20.9. The van der Waals surface area contributed by atoms with Crippen molar-refractivity contribution in [3.63, 3.8) is 0 Å². The first-order valence-electron chi connectivity index (χ1n) is 9.74. The Hall–Kier alpha value is -3.85. The number of fused-ring (bicyclic) bond motifs is 1. The summed E-state index contributed by atoms with van der Waals surface area (Å²) in [6.45, 7) is 7.04. The van der Waals surface area contributed by atoms with Gasteiger partial charge in [-0.3, -0.25) is 9.59 Å². The van der Waals surface area contributed by atoms with E-state index in [-0.39, 0.29) is 23.1 Å². The van der Waals surface area contributed by atoms with Crippen LogP contribution in [0, 0.1) is 11.3 Å². The highest BCUT2D eigenvalue weighted by Crippen LogP contribution is 2.32. The average Bonchev–Trinajstić information content (AvgIpc) is 3.10. The first-order valence-corrected chi connectivity index (χ1v) is 9.74. The van der Waals surface area contributed by atoms with Gasteiger partial charge in [0.2, 0.25) is 11.7 Å². The molecule has 0 bridgehead atoms. The Morgan fingerprint density at radius 2 is 1.73 bits per heavy atom. The lowest BCUT2D eigenvalue weighted by Crippen LogP contribution is -2.28. The van der Waals surface area contributed by atoms with Gasteiger partial charge in [0.25, 0.3) is 0 Å². The van der Waals surface area contributed by atoms with Crippen LogP contribution in [0.2, 0.25) is 0 Å². The van der Waals surface area contributed by atoms with Crippen molar-refractivity contribution in [3.05, 3.63) is 71.0 Å². The van der Waals surface area contributed by atoms with Crippen molar-refractivity contribution in [2.24, 2.45) is 0 Å². The third-order valence-corrected chi connectivity index (χ3v) is 5.08. The lowest BCUT2D eigenvalue weighted by Gasteiger charge is -2.16. The van der Waals surface area contributed by atoms with E-state index in [4.69, 9.17) is 15.4 Å². The van der Waals surface area contributed by atoms with E-state index in [2.05, 4.69) is 0 Å². The molecular formula is C24H23N3O3. The number of carbonyl (C=O) groups is 2. The van der Waals surface area contributed by atoms with Gasteiger partial charge in [0.05, 0.1) is 17.3 Å². The van der Waals surface area contributed by atoms with Gasteiger partial charge in [-0.2, -0.15) is 5.26 Å². The highest BCUT2D eigenvalue weighted by atomic mass is 16.3. The fraction of sp³-hybridized carbons (Fsp3) is 0.208. The highest BCUT2D eigenvalue weighted by molar-refractivity contribution is 6.14. The summed E-state index contributed by atoms with van der Waals surface area (Å²) in [5, 5.41) is 9.52. The Morgan fingerprint density at radius 3 is 2.33 bits per heavy atom. The number of nitrogens with zero attached hydrogens (tertiary/aromatic N) is 2. The summed E-state index contributed by atoms with van der Waals surface area (Å²) < 4.78 is 5.73.